The van der Waals surface area contributed by atoms with Gasteiger partial charge in [0.25, 0.3) is 5.96 Å². The summed E-state index contributed by atoms with van der Waals surface area (Å²) in [6.07, 6.45) is -2.96. The number of nitrogens with zero attached hydrogens (tertiary/aromatic N) is 2. The molecule has 0 heterocycles. The van der Waals surface area contributed by atoms with Gasteiger partial charge in [0, 0.05) is 0 Å². The van der Waals surface area contributed by atoms with Crippen LogP contribution < -0.4 is 11.1 Å². The van der Waals surface area contributed by atoms with Crippen LogP contribution in [-0.4, -0.2) is 62.6 Å². The maximum atomic E-state index is 11.7. The Hall–Kier alpha value is -2.63. The summed E-state index contributed by atoms with van der Waals surface area (Å²) in [7, 11) is 0. The Kier molecular flexibility index (Phi) is 7.89. The summed E-state index contributed by atoms with van der Waals surface area (Å²) in [5.41, 5.74) is 4.23. The van der Waals surface area contributed by atoms with Gasteiger partial charge in [-0.3, -0.25) is 5.41 Å². The lowest BCUT2D eigenvalue weighted by atomic mass is 10.1. The Bertz CT molecular complexity index is 477. The molecule has 138 valence electrons. The maximum Gasteiger partial charge on any atom is 0.407 e. The quantitative estimate of drug-likeness (QED) is 0.166. The van der Waals surface area contributed by atoms with Gasteiger partial charge in [-0.15, -0.1) is 0 Å². The van der Waals surface area contributed by atoms with Crippen molar-refractivity contribution in [3.8, 4) is 0 Å². The molecule has 0 bridgehead atoms. The fraction of sp³-hybridized carbons (Fsp3) is 0.750. The number of hydrogen-bond acceptors (Lipinski definition) is 7. The van der Waals surface area contributed by atoms with Crippen molar-refractivity contribution in [2.45, 2.75) is 51.4 Å². The van der Waals surface area contributed by atoms with Crippen LogP contribution in [0.4, 0.5) is 4.79 Å². The topological polar surface area (TPSA) is 192 Å². The average molecular weight is 349 g/mol. The Balaban J connectivity index is 4.80. The number of nitrogens with one attached hydrogen (secondary N) is 2. The van der Waals surface area contributed by atoms with Crippen molar-refractivity contribution in [2.24, 2.45) is 5.73 Å². The van der Waals surface area contributed by atoms with Crippen LogP contribution in [0.3, 0.4) is 0 Å². The molecule has 0 spiro atoms. The number of carbonyl (C=O) groups is 2. The van der Waals surface area contributed by atoms with E-state index in [0.717, 1.165) is 0 Å². The van der Waals surface area contributed by atoms with Crippen LogP contribution >= 0.6 is 0 Å². The molecule has 2 atom stereocenters. The molecule has 1 amide bonds. The van der Waals surface area contributed by atoms with E-state index < -0.39 is 40.8 Å². The van der Waals surface area contributed by atoms with Crippen LogP contribution in [0.5, 0.6) is 0 Å². The van der Waals surface area contributed by atoms with E-state index in [9.17, 15) is 24.8 Å². The predicted molar refractivity (Wildman–Crippen MR) is 81.6 cm³/mol. The van der Waals surface area contributed by atoms with E-state index in [1.165, 1.54) is 0 Å². The summed E-state index contributed by atoms with van der Waals surface area (Å²) in [5.74, 6) is -2.34. The molecular weight excluding hydrogens is 326 g/mol. The highest BCUT2D eigenvalue weighted by Crippen LogP contribution is 2.10. The number of carboxylic acid groups (broad SMARTS) is 1. The maximum absolute atomic E-state index is 11.7. The zero-order valence-electron chi connectivity index (χ0n) is 13.7. The summed E-state index contributed by atoms with van der Waals surface area (Å²) >= 11 is 0. The van der Waals surface area contributed by atoms with Crippen molar-refractivity contribution < 1.29 is 29.6 Å². The lowest BCUT2D eigenvalue weighted by molar-refractivity contribution is -0.629. The number of aliphatic carboxylic acids is 1. The number of carbonyl (C=O) groups excluding carboxylic acids is 1. The van der Waals surface area contributed by atoms with E-state index in [1.807, 2.05) is 0 Å². The number of alkyl carbamates (subject to hydrolysis) is 1. The van der Waals surface area contributed by atoms with E-state index in [0.29, 0.717) is 5.01 Å². The summed E-state index contributed by atoms with van der Waals surface area (Å²) in [4.78, 5) is 33.3. The van der Waals surface area contributed by atoms with Gasteiger partial charge in [-0.2, -0.15) is 0 Å². The molecule has 0 aliphatic heterocycles. The van der Waals surface area contributed by atoms with Crippen LogP contribution in [-0.2, 0) is 9.53 Å². The van der Waals surface area contributed by atoms with E-state index in [-0.39, 0.29) is 19.4 Å². The minimum Gasteiger partial charge on any atom is -0.479 e. The number of carboxylic acids is 1. The molecule has 0 aromatic carbocycles. The number of amides is 1. The molecule has 0 saturated heterocycles. The largest absolute Gasteiger partial charge is 0.479 e. The molecule has 0 rings (SSSR count). The van der Waals surface area contributed by atoms with Crippen LogP contribution in [0.1, 0.15) is 33.6 Å². The lowest BCUT2D eigenvalue weighted by Gasteiger charge is -2.25. The first-order valence-electron chi connectivity index (χ1n) is 7.01. The van der Waals surface area contributed by atoms with Crippen molar-refractivity contribution in [1.82, 2.24) is 10.3 Å². The second kappa shape index (κ2) is 8.86. The van der Waals surface area contributed by atoms with Crippen LogP contribution in [0, 0.1) is 15.5 Å². The molecule has 0 aliphatic rings. The highest BCUT2D eigenvalue weighted by atomic mass is 16.7. The van der Waals surface area contributed by atoms with Crippen molar-refractivity contribution in [3.05, 3.63) is 10.1 Å². The third-order valence-corrected chi connectivity index (χ3v) is 2.70. The summed E-state index contributed by atoms with van der Waals surface area (Å²) < 4.78 is 4.98. The third-order valence-electron chi connectivity index (χ3n) is 2.70. The van der Waals surface area contributed by atoms with Gasteiger partial charge in [-0.05, 0) is 33.6 Å². The number of hydrazine groups is 1. The van der Waals surface area contributed by atoms with Gasteiger partial charge in [-0.25, -0.2) is 19.7 Å². The number of aliphatic hydroxyl groups excluding tert-OH is 1. The van der Waals surface area contributed by atoms with Gasteiger partial charge in [-0.1, -0.05) is 5.01 Å². The van der Waals surface area contributed by atoms with E-state index >= 15 is 0 Å². The fourth-order valence-electron chi connectivity index (χ4n) is 1.69. The number of nitrogens with two attached hydrogens (primary N) is 1. The van der Waals surface area contributed by atoms with E-state index in [1.54, 1.807) is 20.8 Å². The van der Waals surface area contributed by atoms with Crippen LogP contribution in [0.25, 0.3) is 0 Å². The molecule has 0 radical (unpaired) electrons. The van der Waals surface area contributed by atoms with Gasteiger partial charge in [0.15, 0.2) is 11.1 Å². The Morgan fingerprint density at radius 2 is 2.00 bits per heavy atom. The average Bonchev–Trinajstić information content (AvgIpc) is 2.38. The van der Waals surface area contributed by atoms with Crippen molar-refractivity contribution in [1.29, 1.82) is 5.41 Å². The normalized spacial score (nSPS) is 13.5. The predicted octanol–water partition coefficient (Wildman–Crippen LogP) is -0.507. The molecule has 12 nitrogen and oxygen atoms in total. The molecule has 6 N–H and O–H groups in total. The second-order valence-corrected chi connectivity index (χ2v) is 5.92. The van der Waals surface area contributed by atoms with Crippen LogP contribution in [0.2, 0.25) is 0 Å². The Morgan fingerprint density at radius 3 is 2.38 bits per heavy atom. The first-order valence-corrected chi connectivity index (χ1v) is 7.01. The molecule has 0 fully saturated rings. The lowest BCUT2D eigenvalue weighted by Crippen LogP contribution is -2.49. The highest BCUT2D eigenvalue weighted by molar-refractivity contribution is 5.75. The van der Waals surface area contributed by atoms with Gasteiger partial charge in [0.2, 0.25) is 0 Å². The number of hydrogen-bond donors (Lipinski definition) is 5. The molecule has 0 aliphatic carbocycles. The first kappa shape index (κ1) is 21.4. The van der Waals surface area contributed by atoms with Crippen LogP contribution in [0.15, 0.2) is 0 Å². The summed E-state index contributed by atoms with van der Waals surface area (Å²) in [5, 5.41) is 37.9. The molecule has 0 saturated carbocycles. The van der Waals surface area contributed by atoms with E-state index in [4.69, 9.17) is 21.0 Å². The van der Waals surface area contributed by atoms with Crippen molar-refractivity contribution in [3.63, 3.8) is 0 Å². The fourth-order valence-corrected chi connectivity index (χ4v) is 1.69. The third kappa shape index (κ3) is 8.12. The molecule has 0 aromatic heterocycles. The molecule has 1 unspecified atom stereocenters. The molecule has 24 heavy (non-hydrogen) atoms. The highest BCUT2D eigenvalue weighted by Gasteiger charge is 2.29. The SMILES string of the molecule is CC(C)(C)OC(=O)N[C@@H](CCCN(C(=N)N)[N+](=O)[O-])C(O)C(=O)O. The standard InChI is InChI=1S/C12H23N5O7/c1-12(2,3)24-11(21)15-7(8(18)9(19)20)5-4-6-16(10(13)14)17(22)23/h7-8,18H,4-6H2,1-3H3,(H3,13,14)(H,15,21)(H,19,20)/t7-,8?/m0/s1. The summed E-state index contributed by atoms with van der Waals surface area (Å²) in [6, 6.07) is -1.22. The van der Waals surface area contributed by atoms with Crippen molar-refractivity contribution in [2.75, 3.05) is 6.54 Å². The summed E-state index contributed by atoms with van der Waals surface area (Å²) in [6.45, 7) is 4.53. The number of rotatable bonds is 8. The minimum absolute atomic E-state index is 0.00857. The zero-order valence-corrected chi connectivity index (χ0v) is 13.7. The Labute approximate surface area is 138 Å². The zero-order chi connectivity index (χ0) is 19.1. The monoisotopic (exact) mass is 349 g/mol. The van der Waals surface area contributed by atoms with Gasteiger partial charge in [0.1, 0.15) is 5.60 Å². The second-order valence-electron chi connectivity index (χ2n) is 5.92. The molecule has 0 aromatic rings. The molecule has 12 heteroatoms. The van der Waals surface area contributed by atoms with Gasteiger partial charge >= 0.3 is 12.1 Å². The van der Waals surface area contributed by atoms with Gasteiger partial charge < -0.3 is 26.0 Å². The van der Waals surface area contributed by atoms with Crippen molar-refractivity contribution >= 4 is 18.0 Å². The smallest absolute Gasteiger partial charge is 0.407 e. The molecular formula is C12H23N5O7. The van der Waals surface area contributed by atoms with Gasteiger partial charge in [0.05, 0.1) is 12.6 Å². The number of nitro groups is 1. The Morgan fingerprint density at radius 1 is 1.46 bits per heavy atom. The number of ether oxygens (including phenoxy) is 1. The first-order chi connectivity index (χ1) is 10.8. The van der Waals surface area contributed by atoms with E-state index in [2.05, 4.69) is 5.32 Å². The number of guanidine groups is 1. The number of aliphatic hydroxyl groups is 1. The minimum atomic E-state index is -1.92.